The number of carbonyl (C=O) groups is 1. The fourth-order valence-electron chi connectivity index (χ4n) is 4.01. The fraction of sp³-hybridized carbons (Fsp3) is 0.350. The molecule has 5 heteroatoms. The van der Waals surface area contributed by atoms with E-state index in [2.05, 4.69) is 16.4 Å². The normalized spacial score (nSPS) is 21.2. The van der Waals surface area contributed by atoms with Gasteiger partial charge < -0.3 is 10.2 Å². The Hall–Kier alpha value is -2.87. The van der Waals surface area contributed by atoms with Gasteiger partial charge in [0.05, 0.1) is 17.3 Å². The van der Waals surface area contributed by atoms with Gasteiger partial charge in [0.15, 0.2) is 0 Å². The summed E-state index contributed by atoms with van der Waals surface area (Å²) < 4.78 is 0. The maximum atomic E-state index is 12.7. The third-order valence-electron chi connectivity index (χ3n) is 5.36. The zero-order valence-corrected chi connectivity index (χ0v) is 14.2. The number of anilines is 1. The van der Waals surface area contributed by atoms with E-state index in [1.807, 2.05) is 36.1 Å². The molecular formula is C20H20N4O. The molecule has 0 aliphatic carbocycles. The molecule has 2 amide bonds. The number of aromatic nitrogens is 1. The topological polar surface area (TPSA) is 69.0 Å². The lowest BCUT2D eigenvalue weighted by atomic mass is 9.80. The van der Waals surface area contributed by atoms with E-state index in [0.717, 1.165) is 36.1 Å². The van der Waals surface area contributed by atoms with E-state index in [-0.39, 0.29) is 6.03 Å². The third-order valence-corrected chi connectivity index (χ3v) is 5.36. The Kier molecular flexibility index (Phi) is 3.89. The monoisotopic (exact) mass is 332 g/mol. The molecule has 2 atom stereocenters. The van der Waals surface area contributed by atoms with Crippen LogP contribution in [0.15, 0.2) is 36.5 Å². The molecule has 25 heavy (non-hydrogen) atoms. The van der Waals surface area contributed by atoms with Crippen molar-refractivity contribution < 1.29 is 4.79 Å². The minimum absolute atomic E-state index is 0.0549. The van der Waals surface area contributed by atoms with Crippen molar-refractivity contribution >= 4 is 11.7 Å². The zero-order valence-electron chi connectivity index (χ0n) is 14.2. The Morgan fingerprint density at radius 3 is 2.76 bits per heavy atom. The molecule has 2 aromatic rings. The van der Waals surface area contributed by atoms with Crippen LogP contribution in [0.1, 0.15) is 36.8 Å². The summed E-state index contributed by atoms with van der Waals surface area (Å²) in [7, 11) is 0. The second kappa shape index (κ2) is 6.21. The summed E-state index contributed by atoms with van der Waals surface area (Å²) in [5.41, 5.74) is 3.76. The minimum atomic E-state index is -0.0549. The number of pyridine rings is 1. The molecule has 2 fully saturated rings. The number of urea groups is 1. The first-order valence-electron chi connectivity index (χ1n) is 8.73. The summed E-state index contributed by atoms with van der Waals surface area (Å²) in [5, 5.41) is 12.4. The molecule has 3 heterocycles. The van der Waals surface area contributed by atoms with E-state index < -0.39 is 0 Å². The molecule has 0 saturated carbocycles. The third kappa shape index (κ3) is 2.74. The largest absolute Gasteiger partial charge is 0.322 e. The maximum absolute atomic E-state index is 12.7. The van der Waals surface area contributed by atoms with Crippen molar-refractivity contribution in [3.05, 3.63) is 47.7 Å². The summed E-state index contributed by atoms with van der Waals surface area (Å²) in [4.78, 5) is 19.0. The first-order chi connectivity index (χ1) is 12.2. The van der Waals surface area contributed by atoms with Crippen LogP contribution in [0.25, 0.3) is 11.3 Å². The van der Waals surface area contributed by atoms with Crippen molar-refractivity contribution in [1.29, 1.82) is 5.26 Å². The highest BCUT2D eigenvalue weighted by Gasteiger charge is 2.44. The lowest BCUT2D eigenvalue weighted by molar-refractivity contribution is 0.0173. The highest BCUT2D eigenvalue weighted by Crippen LogP contribution is 2.38. The molecule has 4 rings (SSSR count). The summed E-state index contributed by atoms with van der Waals surface area (Å²) in [6.07, 6.45) is 6.27. The number of hydrogen-bond donors (Lipinski definition) is 1. The van der Waals surface area contributed by atoms with E-state index >= 15 is 0 Å². The Bertz CT molecular complexity index is 842. The van der Waals surface area contributed by atoms with Crippen molar-refractivity contribution in [2.24, 2.45) is 0 Å². The van der Waals surface area contributed by atoms with Crippen LogP contribution in [-0.2, 0) is 0 Å². The predicted octanol–water partition coefficient (Wildman–Crippen LogP) is 4.09. The van der Waals surface area contributed by atoms with Crippen molar-refractivity contribution in [1.82, 2.24) is 9.88 Å². The molecular weight excluding hydrogens is 312 g/mol. The van der Waals surface area contributed by atoms with Crippen LogP contribution in [0.4, 0.5) is 10.5 Å². The minimum Gasteiger partial charge on any atom is -0.318 e. The van der Waals surface area contributed by atoms with E-state index in [1.165, 1.54) is 6.42 Å². The maximum Gasteiger partial charge on any atom is 0.322 e. The van der Waals surface area contributed by atoms with Gasteiger partial charge in [0.2, 0.25) is 0 Å². The first kappa shape index (κ1) is 15.6. The summed E-state index contributed by atoms with van der Waals surface area (Å²) in [6, 6.07) is 12.3. The fourth-order valence-corrected chi connectivity index (χ4v) is 4.01. The van der Waals surface area contributed by atoms with Gasteiger partial charge in [0.25, 0.3) is 0 Å². The summed E-state index contributed by atoms with van der Waals surface area (Å²) in [5.74, 6) is 0. The molecule has 1 N–H and O–H groups in total. The molecule has 1 aromatic heterocycles. The number of nitrogens with one attached hydrogen (secondary N) is 1. The molecule has 0 spiro atoms. The summed E-state index contributed by atoms with van der Waals surface area (Å²) in [6.45, 7) is 1.91. The number of benzene rings is 1. The van der Waals surface area contributed by atoms with Crippen LogP contribution >= 0.6 is 0 Å². The van der Waals surface area contributed by atoms with Crippen LogP contribution in [-0.4, -0.2) is 28.0 Å². The highest BCUT2D eigenvalue weighted by molar-refractivity contribution is 5.92. The van der Waals surface area contributed by atoms with Gasteiger partial charge in [-0.05, 0) is 62.4 Å². The van der Waals surface area contributed by atoms with E-state index in [9.17, 15) is 10.1 Å². The number of fused-ring (bicyclic) bond motifs is 2. The molecule has 2 unspecified atom stereocenters. The first-order valence-corrected chi connectivity index (χ1v) is 8.73. The number of hydrogen-bond acceptors (Lipinski definition) is 3. The molecule has 2 aliphatic heterocycles. The second-order valence-electron chi connectivity index (χ2n) is 6.83. The number of amides is 2. The van der Waals surface area contributed by atoms with Gasteiger partial charge in [-0.1, -0.05) is 6.07 Å². The van der Waals surface area contributed by atoms with Crippen LogP contribution in [0.2, 0.25) is 0 Å². The average molecular weight is 332 g/mol. The molecule has 0 radical (unpaired) electrons. The van der Waals surface area contributed by atoms with Gasteiger partial charge >= 0.3 is 6.03 Å². The van der Waals surface area contributed by atoms with Gasteiger partial charge in [-0.15, -0.1) is 0 Å². The van der Waals surface area contributed by atoms with Gasteiger partial charge in [-0.2, -0.15) is 5.26 Å². The smallest absolute Gasteiger partial charge is 0.318 e. The molecule has 1 aromatic carbocycles. The molecule has 5 nitrogen and oxygen atoms in total. The van der Waals surface area contributed by atoms with Gasteiger partial charge in [-0.25, -0.2) is 4.79 Å². The molecule has 2 bridgehead atoms. The Balaban J connectivity index is 1.64. The average Bonchev–Trinajstić information content (AvgIpc) is 2.64. The van der Waals surface area contributed by atoms with Crippen LogP contribution in [0.3, 0.4) is 0 Å². The van der Waals surface area contributed by atoms with Gasteiger partial charge in [-0.3, -0.25) is 4.98 Å². The van der Waals surface area contributed by atoms with Crippen LogP contribution in [0.5, 0.6) is 0 Å². The molecule has 2 aliphatic rings. The van der Waals surface area contributed by atoms with Crippen molar-refractivity contribution in [3.63, 3.8) is 0 Å². The Labute approximate surface area is 147 Å². The van der Waals surface area contributed by atoms with Gasteiger partial charge in [0.1, 0.15) is 0 Å². The van der Waals surface area contributed by atoms with E-state index in [4.69, 9.17) is 0 Å². The number of rotatable bonds is 2. The van der Waals surface area contributed by atoms with E-state index in [0.29, 0.717) is 23.3 Å². The predicted molar refractivity (Wildman–Crippen MR) is 96.0 cm³/mol. The lowest BCUT2D eigenvalue weighted by Gasteiger charge is -2.52. The molecule has 2 saturated heterocycles. The number of piperidine rings is 1. The van der Waals surface area contributed by atoms with Crippen molar-refractivity contribution in [3.8, 4) is 17.3 Å². The number of carbonyl (C=O) groups excluding carboxylic acids is 1. The van der Waals surface area contributed by atoms with Crippen molar-refractivity contribution in [2.45, 2.75) is 44.7 Å². The zero-order chi connectivity index (χ0) is 17.4. The standard InChI is InChI=1S/C20H20N4O/c1-13-14(12-21)9-15(10-18(13)19-7-2-3-8-22-19)23-20(25)24-16-5-4-6-17(24)11-16/h2-3,7-10,16-17H,4-6,11H2,1H3,(H,23,25). The van der Waals surface area contributed by atoms with Crippen molar-refractivity contribution in [2.75, 3.05) is 5.32 Å². The Morgan fingerprint density at radius 1 is 1.32 bits per heavy atom. The molecule has 126 valence electrons. The van der Waals surface area contributed by atoms with Gasteiger partial charge in [0, 0.05) is 29.5 Å². The van der Waals surface area contributed by atoms with Crippen LogP contribution in [0, 0.1) is 18.3 Å². The van der Waals surface area contributed by atoms with E-state index in [1.54, 1.807) is 12.3 Å². The number of nitrogens with zero attached hydrogens (tertiary/aromatic N) is 3. The highest BCUT2D eigenvalue weighted by atomic mass is 16.2. The second-order valence-corrected chi connectivity index (χ2v) is 6.83. The number of nitriles is 1. The Morgan fingerprint density at radius 2 is 2.12 bits per heavy atom. The lowest BCUT2D eigenvalue weighted by Crippen LogP contribution is -2.62. The quantitative estimate of drug-likeness (QED) is 0.900. The SMILES string of the molecule is Cc1c(C#N)cc(NC(=O)N2C3CCCC2C3)cc1-c1ccccn1. The summed E-state index contributed by atoms with van der Waals surface area (Å²) >= 11 is 0. The van der Waals surface area contributed by atoms with Crippen LogP contribution < -0.4 is 5.32 Å².